The number of amides is 2. The molecular weight excluding hydrogens is 254 g/mol. The lowest BCUT2D eigenvalue weighted by Gasteiger charge is -2.15. The molecule has 0 aliphatic rings. The molecule has 0 saturated heterocycles. The van der Waals surface area contributed by atoms with E-state index in [2.05, 4.69) is 10.3 Å². The molecule has 2 N–H and O–H groups in total. The van der Waals surface area contributed by atoms with Gasteiger partial charge in [0.25, 0.3) is 0 Å². The molecule has 1 heterocycles. The third kappa shape index (κ3) is 2.75. The first kappa shape index (κ1) is 12.3. The van der Waals surface area contributed by atoms with Gasteiger partial charge in [-0.3, -0.25) is 4.79 Å². The van der Waals surface area contributed by atoms with Crippen LogP contribution in [0.25, 0.3) is 10.2 Å². The molecule has 2 rings (SSSR count). The third-order valence-corrected chi connectivity index (χ3v) is 3.09. The van der Waals surface area contributed by atoms with Crippen LogP contribution < -0.4 is 5.32 Å². The van der Waals surface area contributed by atoms with Crippen molar-refractivity contribution in [3.05, 3.63) is 23.7 Å². The Balaban J connectivity index is 2.08. The Morgan fingerprint density at radius 3 is 3.00 bits per heavy atom. The van der Waals surface area contributed by atoms with Gasteiger partial charge in [0.2, 0.25) is 0 Å². The van der Waals surface area contributed by atoms with Crippen LogP contribution in [0.4, 0.5) is 10.5 Å². The van der Waals surface area contributed by atoms with Crippen molar-refractivity contribution >= 4 is 39.2 Å². The number of carboxylic acids is 1. The van der Waals surface area contributed by atoms with Gasteiger partial charge in [-0.15, -0.1) is 11.3 Å². The minimum atomic E-state index is -1.05. The predicted molar refractivity (Wildman–Crippen MR) is 68.9 cm³/mol. The standard InChI is InChI=1S/C11H11N3O3S/c1-14(5-10(15)16)11(17)13-7-2-3-8-9(4-7)18-6-12-8/h2-4,6H,5H2,1H3,(H,13,17)(H,15,16). The minimum Gasteiger partial charge on any atom is -0.480 e. The number of hydrogen-bond acceptors (Lipinski definition) is 4. The zero-order valence-corrected chi connectivity index (χ0v) is 10.4. The summed E-state index contributed by atoms with van der Waals surface area (Å²) in [4.78, 5) is 27.4. The molecule has 0 saturated carbocycles. The SMILES string of the molecule is CN(CC(=O)O)C(=O)Nc1ccc2ncsc2c1. The number of nitrogens with zero attached hydrogens (tertiary/aromatic N) is 2. The van der Waals surface area contributed by atoms with E-state index in [-0.39, 0.29) is 6.54 Å². The van der Waals surface area contributed by atoms with Crippen LogP contribution in [-0.4, -0.2) is 40.6 Å². The van der Waals surface area contributed by atoms with E-state index in [4.69, 9.17) is 5.11 Å². The molecule has 94 valence electrons. The van der Waals surface area contributed by atoms with Crippen LogP contribution in [0.15, 0.2) is 23.7 Å². The number of benzene rings is 1. The molecular formula is C11H11N3O3S. The summed E-state index contributed by atoms with van der Waals surface area (Å²) >= 11 is 1.48. The number of likely N-dealkylation sites (N-methyl/N-ethyl adjacent to an activating group) is 1. The number of hydrogen-bond donors (Lipinski definition) is 2. The fourth-order valence-corrected chi connectivity index (χ4v) is 2.14. The van der Waals surface area contributed by atoms with Crippen molar-refractivity contribution in [1.29, 1.82) is 0 Å². The summed E-state index contributed by atoms with van der Waals surface area (Å²) in [6.45, 7) is -0.339. The van der Waals surface area contributed by atoms with Gasteiger partial charge in [-0.2, -0.15) is 0 Å². The second kappa shape index (κ2) is 5.01. The number of rotatable bonds is 3. The first-order valence-electron chi connectivity index (χ1n) is 5.13. The van der Waals surface area contributed by atoms with Crippen molar-refractivity contribution in [1.82, 2.24) is 9.88 Å². The molecule has 0 aliphatic carbocycles. The highest BCUT2D eigenvalue weighted by atomic mass is 32.1. The first-order valence-corrected chi connectivity index (χ1v) is 6.01. The summed E-state index contributed by atoms with van der Waals surface area (Å²) in [5.41, 5.74) is 3.22. The van der Waals surface area contributed by atoms with Gasteiger partial charge in [0, 0.05) is 12.7 Å². The van der Waals surface area contributed by atoms with Gasteiger partial charge in [-0.1, -0.05) is 0 Å². The van der Waals surface area contributed by atoms with E-state index in [1.165, 1.54) is 18.4 Å². The van der Waals surface area contributed by atoms with Gasteiger partial charge in [-0.25, -0.2) is 9.78 Å². The molecule has 2 aromatic rings. The van der Waals surface area contributed by atoms with Crippen LogP contribution in [0, 0.1) is 0 Å². The Morgan fingerprint density at radius 2 is 2.28 bits per heavy atom. The third-order valence-electron chi connectivity index (χ3n) is 2.30. The maximum atomic E-state index is 11.7. The summed E-state index contributed by atoms with van der Waals surface area (Å²) in [5, 5.41) is 11.2. The lowest BCUT2D eigenvalue weighted by molar-refractivity contribution is -0.137. The highest BCUT2D eigenvalue weighted by Gasteiger charge is 2.12. The molecule has 0 atom stereocenters. The average molecular weight is 265 g/mol. The van der Waals surface area contributed by atoms with Crippen LogP contribution in [0.3, 0.4) is 0 Å². The van der Waals surface area contributed by atoms with E-state index in [9.17, 15) is 9.59 Å². The zero-order chi connectivity index (χ0) is 13.1. The summed E-state index contributed by atoms with van der Waals surface area (Å²) in [5.74, 6) is -1.05. The van der Waals surface area contributed by atoms with Crippen LogP contribution in [-0.2, 0) is 4.79 Å². The van der Waals surface area contributed by atoms with E-state index >= 15 is 0 Å². The summed E-state index contributed by atoms with van der Waals surface area (Å²) in [7, 11) is 1.43. The second-order valence-corrected chi connectivity index (χ2v) is 4.60. The van der Waals surface area contributed by atoms with Gasteiger partial charge in [0.05, 0.1) is 15.7 Å². The number of carboxylic acid groups (broad SMARTS) is 1. The fourth-order valence-electron chi connectivity index (χ4n) is 1.43. The van der Waals surface area contributed by atoms with Gasteiger partial charge in [-0.05, 0) is 18.2 Å². The number of urea groups is 1. The normalized spacial score (nSPS) is 10.3. The highest BCUT2D eigenvalue weighted by molar-refractivity contribution is 7.16. The van der Waals surface area contributed by atoms with E-state index in [0.29, 0.717) is 5.69 Å². The number of carbonyl (C=O) groups excluding carboxylic acids is 1. The smallest absolute Gasteiger partial charge is 0.323 e. The average Bonchev–Trinajstić information content (AvgIpc) is 2.75. The second-order valence-electron chi connectivity index (χ2n) is 3.71. The quantitative estimate of drug-likeness (QED) is 0.887. The monoisotopic (exact) mass is 265 g/mol. The number of fused-ring (bicyclic) bond motifs is 1. The molecule has 0 radical (unpaired) electrons. The van der Waals surface area contributed by atoms with Crippen molar-refractivity contribution in [3.63, 3.8) is 0 Å². The summed E-state index contributed by atoms with van der Waals surface area (Å²) < 4.78 is 0.966. The number of anilines is 1. The van der Waals surface area contributed by atoms with Gasteiger partial charge >= 0.3 is 12.0 Å². The fraction of sp³-hybridized carbons (Fsp3) is 0.182. The van der Waals surface area contributed by atoms with Gasteiger partial charge in [0.15, 0.2) is 0 Å². The maximum absolute atomic E-state index is 11.7. The molecule has 0 fully saturated rings. The lowest BCUT2D eigenvalue weighted by atomic mass is 10.3. The molecule has 0 aliphatic heterocycles. The molecule has 18 heavy (non-hydrogen) atoms. The zero-order valence-electron chi connectivity index (χ0n) is 9.58. The van der Waals surface area contributed by atoms with E-state index in [0.717, 1.165) is 15.1 Å². The highest BCUT2D eigenvalue weighted by Crippen LogP contribution is 2.21. The number of aromatic nitrogens is 1. The molecule has 6 nitrogen and oxygen atoms in total. The predicted octanol–water partition coefficient (Wildman–Crippen LogP) is 1.84. The molecule has 0 unspecified atom stereocenters. The van der Waals surface area contributed by atoms with Crippen molar-refractivity contribution in [2.75, 3.05) is 18.9 Å². The van der Waals surface area contributed by atoms with E-state index in [1.54, 1.807) is 23.7 Å². The van der Waals surface area contributed by atoms with Crippen LogP contribution in [0.2, 0.25) is 0 Å². The first-order chi connectivity index (χ1) is 8.56. The van der Waals surface area contributed by atoms with Crippen LogP contribution in [0.5, 0.6) is 0 Å². The number of aliphatic carboxylic acids is 1. The largest absolute Gasteiger partial charge is 0.480 e. The minimum absolute atomic E-state index is 0.339. The van der Waals surface area contributed by atoms with E-state index in [1.807, 2.05) is 0 Å². The van der Waals surface area contributed by atoms with Crippen molar-refractivity contribution < 1.29 is 14.7 Å². The molecule has 1 aromatic heterocycles. The Hall–Kier alpha value is -2.15. The van der Waals surface area contributed by atoms with Crippen molar-refractivity contribution in [2.45, 2.75) is 0 Å². The summed E-state index contributed by atoms with van der Waals surface area (Å²) in [6, 6.07) is 4.88. The lowest BCUT2D eigenvalue weighted by Crippen LogP contribution is -2.35. The van der Waals surface area contributed by atoms with Crippen molar-refractivity contribution in [3.8, 4) is 0 Å². The number of thiazole rings is 1. The van der Waals surface area contributed by atoms with Gasteiger partial charge < -0.3 is 15.3 Å². The molecule has 0 spiro atoms. The Kier molecular flexibility index (Phi) is 3.42. The molecule has 0 bridgehead atoms. The topological polar surface area (TPSA) is 82.5 Å². The Bertz CT molecular complexity index is 596. The van der Waals surface area contributed by atoms with Gasteiger partial charge in [0.1, 0.15) is 6.54 Å². The Labute approximate surface area is 107 Å². The number of carbonyl (C=O) groups is 2. The molecule has 2 amide bonds. The summed E-state index contributed by atoms with van der Waals surface area (Å²) in [6.07, 6.45) is 0. The van der Waals surface area contributed by atoms with Crippen LogP contribution >= 0.6 is 11.3 Å². The number of nitrogens with one attached hydrogen (secondary N) is 1. The molecule has 1 aromatic carbocycles. The van der Waals surface area contributed by atoms with Crippen molar-refractivity contribution in [2.24, 2.45) is 0 Å². The van der Waals surface area contributed by atoms with E-state index < -0.39 is 12.0 Å². The molecule has 7 heteroatoms. The van der Waals surface area contributed by atoms with Crippen LogP contribution in [0.1, 0.15) is 0 Å². The maximum Gasteiger partial charge on any atom is 0.323 e. The Morgan fingerprint density at radius 1 is 1.50 bits per heavy atom.